The van der Waals surface area contributed by atoms with Crippen LogP contribution in [0.25, 0.3) is 16.9 Å². The molecule has 0 radical (unpaired) electrons. The Hall–Kier alpha value is -2.89. The number of amides is 1. The van der Waals surface area contributed by atoms with Crippen molar-refractivity contribution in [2.75, 3.05) is 11.9 Å². The van der Waals surface area contributed by atoms with Gasteiger partial charge in [0.05, 0.1) is 11.9 Å². The van der Waals surface area contributed by atoms with Crippen LogP contribution in [-0.4, -0.2) is 26.8 Å². The summed E-state index contributed by atoms with van der Waals surface area (Å²) in [6.45, 7) is 5.55. The van der Waals surface area contributed by atoms with E-state index in [1.807, 2.05) is 38.4 Å². The summed E-state index contributed by atoms with van der Waals surface area (Å²) in [6.07, 6.45) is 9.58. The Bertz CT molecular complexity index is 974. The van der Waals surface area contributed by atoms with Gasteiger partial charge in [-0.1, -0.05) is 26.3 Å². The van der Waals surface area contributed by atoms with E-state index in [1.165, 1.54) is 19.3 Å². The van der Waals surface area contributed by atoms with Gasteiger partial charge in [-0.15, -0.1) is 0 Å². The van der Waals surface area contributed by atoms with Crippen molar-refractivity contribution in [3.63, 3.8) is 0 Å². The van der Waals surface area contributed by atoms with Crippen molar-refractivity contribution in [3.8, 4) is 11.3 Å². The van der Waals surface area contributed by atoms with Crippen LogP contribution in [0.3, 0.4) is 0 Å². The number of hydrogen-bond acceptors (Lipinski definition) is 4. The molecule has 0 saturated heterocycles. The minimum Gasteiger partial charge on any atom is -0.367 e. The summed E-state index contributed by atoms with van der Waals surface area (Å²) in [5.41, 5.74) is 4.65. The van der Waals surface area contributed by atoms with E-state index >= 15 is 0 Å². The Balaban J connectivity index is 0.000000872. The highest BCUT2D eigenvalue weighted by atomic mass is 16.1. The second-order valence-electron chi connectivity index (χ2n) is 6.85. The molecule has 6 heteroatoms. The molecule has 2 aliphatic rings. The number of carbonyl (C=O) groups is 1. The molecule has 6 nitrogen and oxygen atoms in total. The molecule has 3 heterocycles. The standard InChI is InChI=1S/C19H19N5O.C2H6/c25-19-15-5-4-13(8-14(15)10-23-19)16-11-22-17(18-20-6-7-24(16)18)21-9-12-2-1-3-12;1-2/h4-8,11-12H,1-3,9-10H2,(H,21,22)(H,23,25);1-2H3. The summed E-state index contributed by atoms with van der Waals surface area (Å²) in [4.78, 5) is 20.8. The summed E-state index contributed by atoms with van der Waals surface area (Å²) < 4.78 is 2.06. The first kappa shape index (κ1) is 17.5. The molecule has 0 atom stereocenters. The minimum atomic E-state index is 0.00277. The smallest absolute Gasteiger partial charge is 0.251 e. The predicted octanol–water partition coefficient (Wildman–Crippen LogP) is 3.88. The van der Waals surface area contributed by atoms with Gasteiger partial charge in [0.1, 0.15) is 0 Å². The highest BCUT2D eigenvalue weighted by Gasteiger charge is 2.20. The van der Waals surface area contributed by atoms with Crippen molar-refractivity contribution in [3.05, 3.63) is 47.9 Å². The van der Waals surface area contributed by atoms with Crippen LogP contribution in [0.5, 0.6) is 0 Å². The molecular weight excluding hydrogens is 338 g/mol. The molecule has 2 N–H and O–H groups in total. The number of fused-ring (bicyclic) bond motifs is 2. The fourth-order valence-electron chi connectivity index (χ4n) is 3.59. The fourth-order valence-corrected chi connectivity index (χ4v) is 3.59. The Morgan fingerprint density at radius 2 is 2.11 bits per heavy atom. The maximum Gasteiger partial charge on any atom is 0.251 e. The lowest BCUT2D eigenvalue weighted by molar-refractivity contribution is 0.0966. The number of nitrogens with zero attached hydrogens (tertiary/aromatic N) is 3. The fraction of sp³-hybridized carbons (Fsp3) is 0.381. The largest absolute Gasteiger partial charge is 0.367 e. The quantitative estimate of drug-likeness (QED) is 0.738. The van der Waals surface area contributed by atoms with E-state index in [0.29, 0.717) is 6.54 Å². The molecule has 2 aromatic heterocycles. The van der Waals surface area contributed by atoms with E-state index < -0.39 is 0 Å². The molecule has 140 valence electrons. The van der Waals surface area contributed by atoms with Crippen molar-refractivity contribution in [2.24, 2.45) is 5.92 Å². The molecular formula is C21H25N5O. The van der Waals surface area contributed by atoms with Gasteiger partial charge in [0, 0.05) is 36.6 Å². The van der Waals surface area contributed by atoms with Crippen molar-refractivity contribution in [2.45, 2.75) is 39.7 Å². The van der Waals surface area contributed by atoms with Crippen LogP contribution in [0.2, 0.25) is 0 Å². The molecule has 5 rings (SSSR count). The van der Waals surface area contributed by atoms with Crippen molar-refractivity contribution < 1.29 is 4.79 Å². The number of nitrogens with one attached hydrogen (secondary N) is 2. The zero-order chi connectivity index (χ0) is 18.8. The zero-order valence-electron chi connectivity index (χ0n) is 15.8. The number of hydrogen-bond donors (Lipinski definition) is 2. The lowest BCUT2D eigenvalue weighted by Gasteiger charge is -2.25. The summed E-state index contributed by atoms with van der Waals surface area (Å²) in [7, 11) is 0. The first-order valence-corrected chi connectivity index (χ1v) is 9.77. The van der Waals surface area contributed by atoms with Crippen LogP contribution >= 0.6 is 0 Å². The lowest BCUT2D eigenvalue weighted by atomic mass is 9.85. The third-order valence-corrected chi connectivity index (χ3v) is 5.30. The van der Waals surface area contributed by atoms with Gasteiger partial charge in [-0.05, 0) is 36.5 Å². The average Bonchev–Trinajstić information content (AvgIpc) is 3.29. The zero-order valence-corrected chi connectivity index (χ0v) is 15.8. The maximum atomic E-state index is 11.7. The van der Waals surface area contributed by atoms with E-state index in [9.17, 15) is 4.79 Å². The number of benzene rings is 1. The molecule has 0 unspecified atom stereocenters. The molecule has 0 bridgehead atoms. The van der Waals surface area contributed by atoms with Gasteiger partial charge in [0.25, 0.3) is 5.91 Å². The molecule has 1 aliphatic carbocycles. The van der Waals surface area contributed by atoms with Crippen LogP contribution in [0.4, 0.5) is 5.82 Å². The number of anilines is 1. The topological polar surface area (TPSA) is 71.3 Å². The Labute approximate surface area is 159 Å². The highest BCUT2D eigenvalue weighted by molar-refractivity contribution is 5.98. The van der Waals surface area contributed by atoms with Gasteiger partial charge in [0.2, 0.25) is 0 Å². The van der Waals surface area contributed by atoms with Crippen molar-refractivity contribution >= 4 is 17.4 Å². The van der Waals surface area contributed by atoms with Crippen LogP contribution in [0.1, 0.15) is 49.0 Å². The van der Waals surface area contributed by atoms with Crippen LogP contribution in [0, 0.1) is 5.92 Å². The van der Waals surface area contributed by atoms with Gasteiger partial charge < -0.3 is 10.6 Å². The maximum absolute atomic E-state index is 11.7. The van der Waals surface area contributed by atoms with E-state index in [4.69, 9.17) is 0 Å². The number of rotatable bonds is 4. The normalized spacial score (nSPS) is 15.6. The van der Waals surface area contributed by atoms with Crippen LogP contribution in [0.15, 0.2) is 36.8 Å². The third kappa shape index (κ3) is 3.16. The Morgan fingerprint density at radius 3 is 2.89 bits per heavy atom. The van der Waals surface area contributed by atoms with E-state index in [1.54, 1.807) is 6.20 Å². The molecule has 0 spiro atoms. The van der Waals surface area contributed by atoms with E-state index in [2.05, 4.69) is 31.1 Å². The van der Waals surface area contributed by atoms with Gasteiger partial charge in [-0.2, -0.15) is 0 Å². The lowest BCUT2D eigenvalue weighted by Crippen LogP contribution is -2.21. The SMILES string of the molecule is CC.O=C1NCc2cc(-c3cnc(NCC4CCC4)c4nccn34)ccc21. The molecule has 1 amide bonds. The number of carbonyl (C=O) groups excluding carboxylic acids is 1. The first-order chi connectivity index (χ1) is 13.3. The monoisotopic (exact) mass is 363 g/mol. The predicted molar refractivity (Wildman–Crippen MR) is 107 cm³/mol. The minimum absolute atomic E-state index is 0.00277. The second kappa shape index (κ2) is 7.39. The van der Waals surface area contributed by atoms with Crippen molar-refractivity contribution in [1.29, 1.82) is 0 Å². The first-order valence-electron chi connectivity index (χ1n) is 9.77. The third-order valence-electron chi connectivity index (χ3n) is 5.30. The molecule has 1 aliphatic heterocycles. The van der Waals surface area contributed by atoms with E-state index in [-0.39, 0.29) is 5.91 Å². The van der Waals surface area contributed by atoms with Gasteiger partial charge in [-0.3, -0.25) is 9.20 Å². The highest BCUT2D eigenvalue weighted by Crippen LogP contribution is 2.29. The van der Waals surface area contributed by atoms with Gasteiger partial charge in [-0.25, -0.2) is 9.97 Å². The van der Waals surface area contributed by atoms with Gasteiger partial charge >= 0.3 is 0 Å². The number of imidazole rings is 1. The summed E-state index contributed by atoms with van der Waals surface area (Å²) >= 11 is 0. The Kier molecular flexibility index (Phi) is 4.79. The molecule has 3 aromatic rings. The average molecular weight is 363 g/mol. The molecule has 27 heavy (non-hydrogen) atoms. The molecule has 1 aromatic carbocycles. The Morgan fingerprint density at radius 1 is 1.26 bits per heavy atom. The molecule has 1 saturated carbocycles. The van der Waals surface area contributed by atoms with Gasteiger partial charge in [0.15, 0.2) is 11.5 Å². The van der Waals surface area contributed by atoms with Crippen LogP contribution in [-0.2, 0) is 6.54 Å². The second-order valence-corrected chi connectivity index (χ2v) is 6.85. The van der Waals surface area contributed by atoms with Crippen LogP contribution < -0.4 is 10.6 Å². The molecule has 1 fully saturated rings. The van der Waals surface area contributed by atoms with E-state index in [0.717, 1.165) is 46.3 Å². The summed E-state index contributed by atoms with van der Waals surface area (Å²) in [5, 5.41) is 6.31. The summed E-state index contributed by atoms with van der Waals surface area (Å²) in [6, 6.07) is 5.92. The van der Waals surface area contributed by atoms with Crippen molar-refractivity contribution in [1.82, 2.24) is 19.7 Å². The number of aromatic nitrogens is 3. The summed E-state index contributed by atoms with van der Waals surface area (Å²) in [5.74, 6) is 1.60.